The first-order chi connectivity index (χ1) is 17.3. The molecule has 3 saturated heterocycles. The van der Waals surface area contributed by atoms with Crippen LogP contribution in [0, 0.1) is 0 Å². The SMILES string of the molecule is CC(=O)N[C@H]1[C@H](O[C@@H]2[C@@H](O[C@H](C)[C@H]3OC(O)[C@H](O)[C@@H](O)[C@@H]3O)O[C@H](C)[C@@H](O)[C@@H]2O)O[C@H](CO)[C@@H](O)[C@@H]1O. The van der Waals surface area contributed by atoms with Crippen LogP contribution in [0.3, 0.4) is 0 Å². The maximum atomic E-state index is 11.7. The Balaban J connectivity index is 1.82. The molecule has 16 nitrogen and oxygen atoms in total. The van der Waals surface area contributed by atoms with E-state index >= 15 is 0 Å². The second kappa shape index (κ2) is 12.4. The third-order valence-electron chi connectivity index (χ3n) is 6.76. The van der Waals surface area contributed by atoms with E-state index in [1.807, 2.05) is 0 Å². The zero-order valence-electron chi connectivity index (χ0n) is 20.4. The topological polar surface area (TPSA) is 257 Å². The molecule has 0 aliphatic carbocycles. The van der Waals surface area contributed by atoms with Gasteiger partial charge in [-0.05, 0) is 13.8 Å². The number of carbonyl (C=O) groups excluding carboxylic acids is 1. The van der Waals surface area contributed by atoms with Gasteiger partial charge in [0.2, 0.25) is 5.91 Å². The number of hydrogen-bond donors (Lipinski definition) is 10. The highest BCUT2D eigenvalue weighted by Gasteiger charge is 2.52. The van der Waals surface area contributed by atoms with Crippen molar-refractivity contribution in [2.45, 2.75) is 119 Å². The zero-order chi connectivity index (χ0) is 27.8. The van der Waals surface area contributed by atoms with E-state index in [9.17, 15) is 50.8 Å². The van der Waals surface area contributed by atoms with Gasteiger partial charge in [-0.3, -0.25) is 4.79 Å². The van der Waals surface area contributed by atoms with Gasteiger partial charge in [-0.1, -0.05) is 0 Å². The molecule has 216 valence electrons. The summed E-state index contributed by atoms with van der Waals surface area (Å²) in [6.07, 6.45) is -22.9. The Bertz CT molecular complexity index is 761. The van der Waals surface area contributed by atoms with Crippen molar-refractivity contribution in [3.05, 3.63) is 0 Å². The van der Waals surface area contributed by atoms with E-state index in [4.69, 9.17) is 23.7 Å². The Labute approximate surface area is 211 Å². The number of hydrogen-bond acceptors (Lipinski definition) is 15. The summed E-state index contributed by atoms with van der Waals surface area (Å²) >= 11 is 0. The van der Waals surface area contributed by atoms with E-state index in [1.54, 1.807) is 0 Å². The summed E-state index contributed by atoms with van der Waals surface area (Å²) in [7, 11) is 0. The molecular formula is C21H37NO15. The first-order valence-electron chi connectivity index (χ1n) is 11.9. The molecule has 3 heterocycles. The molecule has 16 atom stereocenters. The Kier molecular flexibility index (Phi) is 10.2. The van der Waals surface area contributed by atoms with Gasteiger partial charge in [0.25, 0.3) is 0 Å². The third kappa shape index (κ3) is 6.39. The predicted octanol–water partition coefficient (Wildman–Crippen LogP) is -6.01. The van der Waals surface area contributed by atoms with Crippen LogP contribution in [0.5, 0.6) is 0 Å². The van der Waals surface area contributed by atoms with E-state index in [2.05, 4.69) is 5.32 Å². The summed E-state index contributed by atoms with van der Waals surface area (Å²) < 4.78 is 27.9. The first kappa shape index (κ1) is 30.5. The summed E-state index contributed by atoms with van der Waals surface area (Å²) in [4.78, 5) is 11.7. The largest absolute Gasteiger partial charge is 0.394 e. The van der Waals surface area contributed by atoms with Gasteiger partial charge in [0.1, 0.15) is 67.1 Å². The minimum Gasteiger partial charge on any atom is -0.394 e. The number of rotatable bonds is 7. The van der Waals surface area contributed by atoms with Crippen molar-refractivity contribution >= 4 is 5.91 Å². The van der Waals surface area contributed by atoms with Crippen LogP contribution in [-0.2, 0) is 28.5 Å². The Morgan fingerprint density at radius 3 is 2.08 bits per heavy atom. The molecule has 0 spiro atoms. The number of aliphatic hydroxyl groups is 9. The standard InChI is InChI=1S/C21H37NO15/c1-5-10(25)14(29)18(37-20-9(22-7(3)24)12(27)11(26)8(4-23)35-20)21(33-5)34-6(2)17-15(30)13(28)16(31)19(32)36-17/h5-6,8-21,23,25-32H,4H2,1-3H3,(H,22,24)/t5-,6-,8-,9-,10-,11-,12-,13+,14+,15+,16-,17-,18+,19?,20+,21-/m1/s1. The van der Waals surface area contributed by atoms with Crippen molar-refractivity contribution in [3.63, 3.8) is 0 Å². The monoisotopic (exact) mass is 543 g/mol. The van der Waals surface area contributed by atoms with E-state index < -0.39 is 111 Å². The second-order valence-corrected chi connectivity index (χ2v) is 9.53. The fourth-order valence-corrected chi connectivity index (χ4v) is 4.56. The fourth-order valence-electron chi connectivity index (χ4n) is 4.56. The molecule has 0 saturated carbocycles. The van der Waals surface area contributed by atoms with Crippen LogP contribution in [0.15, 0.2) is 0 Å². The van der Waals surface area contributed by atoms with E-state index in [1.165, 1.54) is 13.8 Å². The van der Waals surface area contributed by atoms with Gasteiger partial charge in [-0.2, -0.15) is 0 Å². The molecule has 3 fully saturated rings. The summed E-state index contributed by atoms with van der Waals surface area (Å²) in [5.41, 5.74) is 0. The normalized spacial score (nSPS) is 49.9. The number of aliphatic hydroxyl groups excluding tert-OH is 9. The van der Waals surface area contributed by atoms with Crippen molar-refractivity contribution in [1.82, 2.24) is 5.32 Å². The van der Waals surface area contributed by atoms with Crippen LogP contribution >= 0.6 is 0 Å². The van der Waals surface area contributed by atoms with Crippen LogP contribution in [0.1, 0.15) is 20.8 Å². The minimum atomic E-state index is -1.84. The quantitative estimate of drug-likeness (QED) is 0.143. The van der Waals surface area contributed by atoms with Crippen LogP contribution in [0.4, 0.5) is 0 Å². The number of amides is 1. The van der Waals surface area contributed by atoms with Gasteiger partial charge in [-0.25, -0.2) is 0 Å². The molecule has 3 aliphatic rings. The van der Waals surface area contributed by atoms with Crippen LogP contribution < -0.4 is 5.32 Å². The van der Waals surface area contributed by atoms with Gasteiger partial charge < -0.3 is 75.0 Å². The van der Waals surface area contributed by atoms with Gasteiger partial charge in [0, 0.05) is 6.92 Å². The zero-order valence-corrected chi connectivity index (χ0v) is 20.4. The average molecular weight is 544 g/mol. The molecule has 0 aromatic carbocycles. The maximum absolute atomic E-state index is 11.7. The molecule has 0 bridgehead atoms. The number of nitrogens with one attached hydrogen (secondary N) is 1. The predicted molar refractivity (Wildman–Crippen MR) is 116 cm³/mol. The molecule has 10 N–H and O–H groups in total. The molecule has 1 amide bonds. The average Bonchev–Trinajstić information content (AvgIpc) is 2.84. The number of carbonyl (C=O) groups is 1. The minimum absolute atomic E-state index is 0.617. The van der Waals surface area contributed by atoms with E-state index in [0.29, 0.717) is 0 Å². The van der Waals surface area contributed by atoms with Crippen LogP contribution in [0.25, 0.3) is 0 Å². The van der Waals surface area contributed by atoms with Gasteiger partial charge >= 0.3 is 0 Å². The van der Waals surface area contributed by atoms with Crippen molar-refractivity contribution in [2.24, 2.45) is 0 Å². The lowest BCUT2D eigenvalue weighted by Gasteiger charge is -2.48. The van der Waals surface area contributed by atoms with E-state index in [-0.39, 0.29) is 0 Å². The Morgan fingerprint density at radius 1 is 0.838 bits per heavy atom. The third-order valence-corrected chi connectivity index (χ3v) is 6.76. The molecule has 0 aromatic heterocycles. The van der Waals surface area contributed by atoms with Crippen LogP contribution in [-0.4, -0.2) is 157 Å². The molecule has 0 radical (unpaired) electrons. The highest BCUT2D eigenvalue weighted by molar-refractivity contribution is 5.73. The highest BCUT2D eigenvalue weighted by atomic mass is 16.8. The molecule has 1 unspecified atom stereocenters. The maximum Gasteiger partial charge on any atom is 0.217 e. The van der Waals surface area contributed by atoms with Crippen molar-refractivity contribution in [3.8, 4) is 0 Å². The number of ether oxygens (including phenoxy) is 5. The van der Waals surface area contributed by atoms with Crippen molar-refractivity contribution in [1.29, 1.82) is 0 Å². The molecular weight excluding hydrogens is 506 g/mol. The highest BCUT2D eigenvalue weighted by Crippen LogP contribution is 2.32. The summed E-state index contributed by atoms with van der Waals surface area (Å²) in [6.45, 7) is 3.23. The van der Waals surface area contributed by atoms with Gasteiger partial charge in [-0.15, -0.1) is 0 Å². The molecule has 3 aliphatic heterocycles. The van der Waals surface area contributed by atoms with Crippen LogP contribution in [0.2, 0.25) is 0 Å². The molecule has 16 heteroatoms. The Hall–Kier alpha value is -1.09. The summed E-state index contributed by atoms with van der Waals surface area (Å²) in [5.74, 6) is -0.617. The molecule has 37 heavy (non-hydrogen) atoms. The Morgan fingerprint density at radius 2 is 1.49 bits per heavy atom. The lowest BCUT2D eigenvalue weighted by molar-refractivity contribution is -0.367. The van der Waals surface area contributed by atoms with Crippen molar-refractivity contribution in [2.75, 3.05) is 6.61 Å². The van der Waals surface area contributed by atoms with Crippen molar-refractivity contribution < 1.29 is 74.4 Å². The molecule has 3 rings (SSSR count). The summed E-state index contributed by atoms with van der Waals surface area (Å²) in [5, 5.41) is 93.6. The van der Waals surface area contributed by atoms with Gasteiger partial charge in [0.15, 0.2) is 18.9 Å². The lowest BCUT2D eigenvalue weighted by Crippen LogP contribution is -2.67. The lowest BCUT2D eigenvalue weighted by atomic mass is 9.95. The second-order valence-electron chi connectivity index (χ2n) is 9.53. The smallest absolute Gasteiger partial charge is 0.217 e. The van der Waals surface area contributed by atoms with Gasteiger partial charge in [0.05, 0.1) is 18.8 Å². The first-order valence-corrected chi connectivity index (χ1v) is 11.9. The molecule has 0 aromatic rings. The summed E-state index contributed by atoms with van der Waals surface area (Å²) in [6, 6.07) is -1.37. The van der Waals surface area contributed by atoms with E-state index in [0.717, 1.165) is 6.92 Å². The fraction of sp³-hybridized carbons (Fsp3) is 0.952.